The van der Waals surface area contributed by atoms with Crippen LogP contribution in [0.1, 0.15) is 40.0 Å². The molecule has 0 bridgehead atoms. The lowest BCUT2D eigenvalue weighted by Crippen LogP contribution is -2.47. The normalized spacial score (nSPS) is 15.9. The van der Waals surface area contributed by atoms with E-state index in [9.17, 15) is 9.59 Å². The minimum atomic E-state index is -0.663. The van der Waals surface area contributed by atoms with Crippen LogP contribution in [0.25, 0.3) is 22.2 Å². The Morgan fingerprint density at radius 3 is 2.56 bits per heavy atom. The van der Waals surface area contributed by atoms with Crippen LogP contribution in [0.3, 0.4) is 0 Å². The summed E-state index contributed by atoms with van der Waals surface area (Å²) < 4.78 is 0. The molecule has 5 heteroatoms. The predicted octanol–water partition coefficient (Wildman–Crippen LogP) is 5.38. The third-order valence-electron chi connectivity index (χ3n) is 6.58. The average molecular weight is 450 g/mol. The van der Waals surface area contributed by atoms with Gasteiger partial charge in [0.1, 0.15) is 6.04 Å². The Labute approximate surface area is 199 Å². The summed E-state index contributed by atoms with van der Waals surface area (Å²) in [5.41, 5.74) is 6.72. The summed E-state index contributed by atoms with van der Waals surface area (Å²) in [5, 5.41) is 3.89. The number of nitrogens with zero attached hydrogens (tertiary/aromatic N) is 1. The van der Waals surface area contributed by atoms with Crippen molar-refractivity contribution in [1.82, 2.24) is 15.2 Å². The molecule has 4 aromatic rings. The first-order chi connectivity index (χ1) is 16.5. The third kappa shape index (κ3) is 3.50. The van der Waals surface area contributed by atoms with Crippen molar-refractivity contribution in [2.75, 3.05) is 6.54 Å². The first-order valence-electron chi connectivity index (χ1n) is 11.5. The zero-order chi connectivity index (χ0) is 23.8. The molecule has 0 saturated heterocycles. The van der Waals surface area contributed by atoms with E-state index in [4.69, 9.17) is 0 Å². The fourth-order valence-corrected chi connectivity index (χ4v) is 4.87. The summed E-state index contributed by atoms with van der Waals surface area (Å²) in [7, 11) is 0. The summed E-state index contributed by atoms with van der Waals surface area (Å²) in [5.74, 6) is -0.343. The Kier molecular flexibility index (Phi) is 5.54. The number of H-pyrrole nitrogens is 1. The van der Waals surface area contributed by atoms with E-state index in [0.29, 0.717) is 12.1 Å². The van der Waals surface area contributed by atoms with Crippen LogP contribution in [-0.4, -0.2) is 34.3 Å². The van der Waals surface area contributed by atoms with Crippen molar-refractivity contribution >= 4 is 22.7 Å². The fourth-order valence-electron chi connectivity index (χ4n) is 4.87. The molecule has 1 aliphatic rings. The van der Waals surface area contributed by atoms with E-state index in [2.05, 4.69) is 54.1 Å². The standard InChI is InChI=1S/C29H27N3O2/c1-4-17-30-28(33)19(3)32-27(21-9-5-6-10-22(21)29(32)34)25-23-11-7-8-12-24(23)31-26(25)20-15-13-18(2)14-16-20/h4-16,19,27,31H,1,17H2,2-3H3,(H,30,33)/t19-,27+/m1/s1. The van der Waals surface area contributed by atoms with E-state index in [0.717, 1.165) is 33.3 Å². The zero-order valence-corrected chi connectivity index (χ0v) is 19.3. The monoisotopic (exact) mass is 449 g/mol. The van der Waals surface area contributed by atoms with Crippen molar-refractivity contribution in [1.29, 1.82) is 0 Å². The highest BCUT2D eigenvalue weighted by molar-refractivity contribution is 6.04. The number of carbonyl (C=O) groups is 2. The molecule has 2 amide bonds. The number of hydrogen-bond acceptors (Lipinski definition) is 2. The Balaban J connectivity index is 1.74. The molecule has 0 spiro atoms. The van der Waals surface area contributed by atoms with Crippen molar-refractivity contribution in [2.45, 2.75) is 25.9 Å². The SMILES string of the molecule is C=CCNC(=O)[C@@H](C)N1C(=O)c2ccccc2[C@H]1c1c(-c2ccc(C)cc2)[nH]c2ccccc12. The second-order valence-corrected chi connectivity index (χ2v) is 8.74. The molecule has 170 valence electrons. The van der Waals surface area contributed by atoms with E-state index in [1.54, 1.807) is 17.9 Å². The highest BCUT2D eigenvalue weighted by Gasteiger charge is 2.44. The van der Waals surface area contributed by atoms with Crippen LogP contribution in [0.4, 0.5) is 0 Å². The molecule has 1 aliphatic heterocycles. The van der Waals surface area contributed by atoms with Crippen LogP contribution in [-0.2, 0) is 4.79 Å². The topological polar surface area (TPSA) is 65.2 Å². The van der Waals surface area contributed by atoms with Gasteiger partial charge in [-0.1, -0.05) is 72.3 Å². The van der Waals surface area contributed by atoms with Crippen molar-refractivity contribution < 1.29 is 9.59 Å². The molecule has 0 fully saturated rings. The number of rotatable bonds is 6. The van der Waals surface area contributed by atoms with Gasteiger partial charge in [0, 0.05) is 28.6 Å². The maximum Gasteiger partial charge on any atom is 0.255 e. The molecule has 0 saturated carbocycles. The molecular weight excluding hydrogens is 422 g/mol. The molecule has 0 aliphatic carbocycles. The number of hydrogen-bond donors (Lipinski definition) is 2. The van der Waals surface area contributed by atoms with E-state index >= 15 is 0 Å². The highest BCUT2D eigenvalue weighted by atomic mass is 16.2. The van der Waals surface area contributed by atoms with Crippen LogP contribution in [0.15, 0.2) is 85.5 Å². The summed E-state index contributed by atoms with van der Waals surface area (Å²) >= 11 is 0. The second-order valence-electron chi connectivity index (χ2n) is 8.74. The maximum atomic E-state index is 13.7. The molecule has 1 aromatic heterocycles. The van der Waals surface area contributed by atoms with Gasteiger partial charge in [-0.2, -0.15) is 0 Å². The van der Waals surface area contributed by atoms with Gasteiger partial charge in [0.25, 0.3) is 5.91 Å². The number of amides is 2. The van der Waals surface area contributed by atoms with Gasteiger partial charge in [-0.15, -0.1) is 6.58 Å². The molecule has 0 unspecified atom stereocenters. The lowest BCUT2D eigenvalue weighted by Gasteiger charge is -2.31. The highest BCUT2D eigenvalue weighted by Crippen LogP contribution is 2.46. The quantitative estimate of drug-likeness (QED) is 0.388. The largest absolute Gasteiger partial charge is 0.354 e. The molecule has 2 atom stereocenters. The smallest absolute Gasteiger partial charge is 0.255 e. The molecular formula is C29H27N3O2. The minimum absolute atomic E-state index is 0.137. The van der Waals surface area contributed by atoms with Crippen molar-refractivity contribution in [3.05, 3.63) is 108 Å². The number of fused-ring (bicyclic) bond motifs is 2. The molecule has 2 N–H and O–H groups in total. The van der Waals surface area contributed by atoms with E-state index < -0.39 is 12.1 Å². The van der Waals surface area contributed by atoms with Crippen molar-refractivity contribution in [2.24, 2.45) is 0 Å². The summed E-state index contributed by atoms with van der Waals surface area (Å²) in [6, 6.07) is 23.1. The molecule has 5 rings (SSSR count). The molecule has 34 heavy (non-hydrogen) atoms. The van der Waals surface area contributed by atoms with Gasteiger partial charge < -0.3 is 15.2 Å². The molecule has 2 heterocycles. The Bertz CT molecular complexity index is 1400. The first kappa shape index (κ1) is 21.7. The van der Waals surface area contributed by atoms with Gasteiger partial charge in [0.05, 0.1) is 11.7 Å². The zero-order valence-electron chi connectivity index (χ0n) is 19.3. The summed E-state index contributed by atoms with van der Waals surface area (Å²) in [6.07, 6.45) is 1.64. The maximum absolute atomic E-state index is 13.7. The molecule has 5 nitrogen and oxygen atoms in total. The van der Waals surface area contributed by atoms with Crippen molar-refractivity contribution in [3.63, 3.8) is 0 Å². The van der Waals surface area contributed by atoms with Crippen LogP contribution in [0.2, 0.25) is 0 Å². The fraction of sp³-hybridized carbons (Fsp3) is 0.172. The van der Waals surface area contributed by atoms with Gasteiger partial charge in [-0.05, 0) is 37.1 Å². The Morgan fingerprint density at radius 2 is 1.79 bits per heavy atom. The van der Waals surface area contributed by atoms with E-state index in [1.807, 2.05) is 42.5 Å². The second kappa shape index (κ2) is 8.67. The van der Waals surface area contributed by atoms with E-state index in [-0.39, 0.29) is 11.8 Å². The number of para-hydroxylation sites is 1. The van der Waals surface area contributed by atoms with Gasteiger partial charge in [-0.3, -0.25) is 9.59 Å². The van der Waals surface area contributed by atoms with Gasteiger partial charge in [0.15, 0.2) is 0 Å². The first-order valence-corrected chi connectivity index (χ1v) is 11.5. The number of carbonyl (C=O) groups excluding carboxylic acids is 2. The number of benzene rings is 3. The van der Waals surface area contributed by atoms with Crippen molar-refractivity contribution in [3.8, 4) is 11.3 Å². The third-order valence-corrected chi connectivity index (χ3v) is 6.58. The number of aryl methyl sites for hydroxylation is 1. The summed E-state index contributed by atoms with van der Waals surface area (Å²) in [4.78, 5) is 32.0. The Morgan fingerprint density at radius 1 is 1.09 bits per heavy atom. The van der Waals surface area contributed by atoms with Crippen LogP contribution < -0.4 is 5.32 Å². The Hall–Kier alpha value is -4.12. The lowest BCUT2D eigenvalue weighted by molar-refractivity contribution is -0.125. The molecule has 0 radical (unpaired) electrons. The van der Waals surface area contributed by atoms with Gasteiger partial charge in [0.2, 0.25) is 5.91 Å². The number of nitrogens with one attached hydrogen (secondary N) is 2. The van der Waals surface area contributed by atoms with Crippen LogP contribution in [0, 0.1) is 6.92 Å². The summed E-state index contributed by atoms with van der Waals surface area (Å²) in [6.45, 7) is 7.88. The number of aromatic amines is 1. The minimum Gasteiger partial charge on any atom is -0.354 e. The predicted molar refractivity (Wildman–Crippen MR) is 136 cm³/mol. The van der Waals surface area contributed by atoms with Gasteiger partial charge in [-0.25, -0.2) is 0 Å². The van der Waals surface area contributed by atoms with Crippen LogP contribution >= 0.6 is 0 Å². The lowest BCUT2D eigenvalue weighted by atomic mass is 9.92. The molecule has 3 aromatic carbocycles. The van der Waals surface area contributed by atoms with Gasteiger partial charge >= 0.3 is 0 Å². The van der Waals surface area contributed by atoms with Crippen LogP contribution in [0.5, 0.6) is 0 Å². The number of aromatic nitrogens is 1. The average Bonchev–Trinajstić information content (AvgIpc) is 3.37. The van der Waals surface area contributed by atoms with E-state index in [1.165, 1.54) is 5.56 Å².